The Hall–Kier alpha value is -2.89. The number of nitrogens with one attached hydrogen (secondary N) is 2. The Balaban J connectivity index is 1.32. The highest BCUT2D eigenvalue weighted by Crippen LogP contribution is 2.17. The van der Waals surface area contributed by atoms with Crippen LogP contribution in [0, 0.1) is 0 Å². The average molecular weight is 335 g/mol. The maximum atomic E-state index is 12.2. The molecule has 6 heteroatoms. The number of aromatic nitrogens is 3. The van der Waals surface area contributed by atoms with Crippen LogP contribution in [0.25, 0.3) is 10.9 Å². The van der Waals surface area contributed by atoms with Crippen LogP contribution in [0.15, 0.2) is 42.5 Å². The Labute approximate surface area is 146 Å². The Bertz CT molecular complexity index is 832. The lowest BCUT2D eigenvalue weighted by Crippen LogP contribution is -2.27. The highest BCUT2D eigenvalue weighted by atomic mass is 16.1. The zero-order valence-corrected chi connectivity index (χ0v) is 14.0. The number of amides is 1. The van der Waals surface area contributed by atoms with E-state index >= 15 is 0 Å². The molecule has 0 atom stereocenters. The van der Waals surface area contributed by atoms with Gasteiger partial charge in [0, 0.05) is 37.3 Å². The molecule has 1 aromatic carbocycles. The molecule has 1 fully saturated rings. The third kappa shape index (κ3) is 3.47. The van der Waals surface area contributed by atoms with E-state index in [4.69, 9.17) is 0 Å². The maximum absolute atomic E-state index is 12.2. The lowest BCUT2D eigenvalue weighted by Gasteiger charge is -2.15. The van der Waals surface area contributed by atoms with Crippen molar-refractivity contribution < 1.29 is 4.79 Å². The molecule has 1 aliphatic heterocycles. The third-order valence-corrected chi connectivity index (χ3v) is 4.58. The summed E-state index contributed by atoms with van der Waals surface area (Å²) < 4.78 is 0. The molecule has 1 saturated heterocycles. The van der Waals surface area contributed by atoms with Crippen molar-refractivity contribution in [1.82, 2.24) is 20.5 Å². The number of rotatable bonds is 5. The van der Waals surface area contributed by atoms with Gasteiger partial charge in [-0.2, -0.15) is 0 Å². The second-order valence-electron chi connectivity index (χ2n) is 6.36. The summed E-state index contributed by atoms with van der Waals surface area (Å²) in [6.45, 7) is 2.59. The van der Waals surface area contributed by atoms with Crippen LogP contribution < -0.4 is 10.2 Å². The van der Waals surface area contributed by atoms with Crippen molar-refractivity contribution >= 4 is 22.6 Å². The summed E-state index contributed by atoms with van der Waals surface area (Å²) in [6, 6.07) is 13.9. The first-order valence-electron chi connectivity index (χ1n) is 8.73. The molecule has 25 heavy (non-hydrogen) atoms. The quantitative estimate of drug-likeness (QED) is 0.751. The van der Waals surface area contributed by atoms with Gasteiger partial charge in [0.05, 0.1) is 0 Å². The molecule has 0 spiro atoms. The lowest BCUT2D eigenvalue weighted by molar-refractivity contribution is 0.0948. The number of hydrogen-bond acceptors (Lipinski definition) is 4. The van der Waals surface area contributed by atoms with Gasteiger partial charge >= 0.3 is 0 Å². The van der Waals surface area contributed by atoms with Crippen molar-refractivity contribution in [2.75, 3.05) is 24.5 Å². The van der Waals surface area contributed by atoms with Crippen LogP contribution in [0.1, 0.15) is 29.0 Å². The second-order valence-corrected chi connectivity index (χ2v) is 6.36. The van der Waals surface area contributed by atoms with Gasteiger partial charge in [-0.3, -0.25) is 4.79 Å². The fourth-order valence-electron chi connectivity index (χ4n) is 3.23. The van der Waals surface area contributed by atoms with Crippen molar-refractivity contribution in [3.63, 3.8) is 0 Å². The summed E-state index contributed by atoms with van der Waals surface area (Å²) in [6.07, 6.45) is 3.13. The first kappa shape index (κ1) is 15.6. The molecule has 3 aromatic rings. The van der Waals surface area contributed by atoms with Crippen molar-refractivity contribution in [1.29, 1.82) is 0 Å². The van der Waals surface area contributed by atoms with E-state index in [1.165, 1.54) is 18.2 Å². The van der Waals surface area contributed by atoms with Crippen LogP contribution in [-0.2, 0) is 6.42 Å². The first-order chi connectivity index (χ1) is 12.3. The highest BCUT2D eigenvalue weighted by Gasteiger charge is 2.15. The molecule has 0 saturated carbocycles. The number of carbonyl (C=O) groups is 1. The molecule has 0 unspecified atom stereocenters. The normalized spacial score (nSPS) is 14.2. The van der Waals surface area contributed by atoms with E-state index < -0.39 is 0 Å². The van der Waals surface area contributed by atoms with Crippen molar-refractivity contribution in [2.24, 2.45) is 0 Å². The standard InChI is InChI=1S/C19H21N5O/c25-19(17-7-8-18(23-22-17)24-11-3-4-12-24)20-10-9-15-13-14-5-1-2-6-16(14)21-15/h1-2,5-8,13,21H,3-4,9-12H2,(H,20,25). The van der Waals surface area contributed by atoms with Gasteiger partial charge in [-0.25, -0.2) is 0 Å². The predicted molar refractivity (Wildman–Crippen MR) is 97.8 cm³/mol. The minimum atomic E-state index is -0.184. The molecule has 6 nitrogen and oxygen atoms in total. The van der Waals surface area contributed by atoms with Gasteiger partial charge in [0.1, 0.15) is 0 Å². The van der Waals surface area contributed by atoms with Crippen LogP contribution in [0.2, 0.25) is 0 Å². The first-order valence-corrected chi connectivity index (χ1v) is 8.73. The maximum Gasteiger partial charge on any atom is 0.271 e. The fraction of sp³-hybridized carbons (Fsp3) is 0.316. The van der Waals surface area contributed by atoms with E-state index in [0.717, 1.165) is 36.5 Å². The molecule has 128 valence electrons. The number of benzene rings is 1. The molecular formula is C19H21N5O. The topological polar surface area (TPSA) is 73.9 Å². The molecule has 2 aromatic heterocycles. The van der Waals surface area contributed by atoms with Crippen LogP contribution in [0.3, 0.4) is 0 Å². The summed E-state index contributed by atoms with van der Waals surface area (Å²) >= 11 is 0. The Morgan fingerprint density at radius 1 is 1.12 bits per heavy atom. The van der Waals surface area contributed by atoms with Crippen LogP contribution in [-0.4, -0.2) is 40.7 Å². The van der Waals surface area contributed by atoms with Gasteiger partial charge in [0.15, 0.2) is 11.5 Å². The number of carbonyl (C=O) groups excluding carboxylic acids is 1. The number of nitrogens with zero attached hydrogens (tertiary/aromatic N) is 3. The van der Waals surface area contributed by atoms with Gasteiger partial charge in [-0.15, -0.1) is 10.2 Å². The van der Waals surface area contributed by atoms with Crippen LogP contribution in [0.5, 0.6) is 0 Å². The zero-order valence-electron chi connectivity index (χ0n) is 14.0. The van der Waals surface area contributed by atoms with Gasteiger partial charge in [-0.1, -0.05) is 18.2 Å². The number of anilines is 1. The van der Waals surface area contributed by atoms with Gasteiger partial charge in [0.25, 0.3) is 5.91 Å². The van der Waals surface area contributed by atoms with Crippen molar-refractivity contribution in [2.45, 2.75) is 19.3 Å². The molecule has 1 amide bonds. The lowest BCUT2D eigenvalue weighted by atomic mass is 10.2. The molecule has 0 aliphatic carbocycles. The zero-order chi connectivity index (χ0) is 17.1. The van der Waals surface area contributed by atoms with Crippen LogP contribution in [0.4, 0.5) is 5.82 Å². The Morgan fingerprint density at radius 3 is 2.72 bits per heavy atom. The Morgan fingerprint density at radius 2 is 1.96 bits per heavy atom. The summed E-state index contributed by atoms with van der Waals surface area (Å²) in [5.41, 5.74) is 2.59. The Kier molecular flexibility index (Phi) is 4.33. The molecule has 1 aliphatic rings. The number of hydrogen-bond donors (Lipinski definition) is 2. The fourth-order valence-corrected chi connectivity index (χ4v) is 3.23. The monoisotopic (exact) mass is 335 g/mol. The number of fused-ring (bicyclic) bond motifs is 1. The summed E-state index contributed by atoms with van der Waals surface area (Å²) in [4.78, 5) is 17.8. The number of aromatic amines is 1. The van der Waals surface area contributed by atoms with E-state index in [1.54, 1.807) is 6.07 Å². The van der Waals surface area contributed by atoms with Gasteiger partial charge < -0.3 is 15.2 Å². The SMILES string of the molecule is O=C(NCCc1cc2ccccc2[nH]1)c1ccc(N2CCCC2)nn1. The van der Waals surface area contributed by atoms with E-state index in [-0.39, 0.29) is 5.91 Å². The number of H-pyrrole nitrogens is 1. The van der Waals surface area contributed by atoms with Crippen molar-refractivity contribution in [3.05, 3.63) is 53.9 Å². The highest BCUT2D eigenvalue weighted by molar-refractivity contribution is 5.92. The third-order valence-electron chi connectivity index (χ3n) is 4.58. The minimum absolute atomic E-state index is 0.184. The van der Waals surface area contributed by atoms with E-state index in [0.29, 0.717) is 12.2 Å². The largest absolute Gasteiger partial charge is 0.358 e. The van der Waals surface area contributed by atoms with Crippen LogP contribution >= 0.6 is 0 Å². The van der Waals surface area contributed by atoms with E-state index in [1.807, 2.05) is 18.2 Å². The summed E-state index contributed by atoms with van der Waals surface area (Å²) in [7, 11) is 0. The van der Waals surface area contributed by atoms with E-state index in [9.17, 15) is 4.79 Å². The number of para-hydroxylation sites is 1. The molecule has 3 heterocycles. The molecule has 4 rings (SSSR count). The second kappa shape index (κ2) is 6.93. The summed E-state index contributed by atoms with van der Waals surface area (Å²) in [5.74, 6) is 0.670. The predicted octanol–water partition coefficient (Wildman–Crippen LogP) is 2.53. The van der Waals surface area contributed by atoms with Gasteiger partial charge in [-0.05, 0) is 42.5 Å². The average Bonchev–Trinajstić information content (AvgIpc) is 3.31. The smallest absolute Gasteiger partial charge is 0.271 e. The minimum Gasteiger partial charge on any atom is -0.358 e. The molecule has 0 radical (unpaired) electrons. The molecule has 2 N–H and O–H groups in total. The summed E-state index contributed by atoms with van der Waals surface area (Å²) in [5, 5.41) is 12.4. The van der Waals surface area contributed by atoms with Gasteiger partial charge in [0.2, 0.25) is 0 Å². The van der Waals surface area contributed by atoms with E-state index in [2.05, 4.69) is 43.6 Å². The molecular weight excluding hydrogens is 314 g/mol. The molecule has 0 bridgehead atoms. The van der Waals surface area contributed by atoms with Crippen molar-refractivity contribution in [3.8, 4) is 0 Å².